The molecule has 3 aromatic rings. The predicted octanol–water partition coefficient (Wildman–Crippen LogP) is 5.10. The first kappa shape index (κ1) is 24.8. The first-order valence-corrected chi connectivity index (χ1v) is 10.9. The van der Waals surface area contributed by atoms with Crippen LogP contribution in [-0.4, -0.2) is 41.3 Å². The van der Waals surface area contributed by atoms with Crippen molar-refractivity contribution in [2.45, 2.75) is 39.7 Å². The highest BCUT2D eigenvalue weighted by Gasteiger charge is 2.16. The van der Waals surface area contributed by atoms with Crippen LogP contribution in [0.3, 0.4) is 0 Å². The van der Waals surface area contributed by atoms with Crippen LogP contribution in [0.1, 0.15) is 38.5 Å². The summed E-state index contributed by atoms with van der Waals surface area (Å²) in [5.74, 6) is -0.0609. The minimum atomic E-state index is -0.960. The van der Waals surface area contributed by atoms with Gasteiger partial charge in [0.1, 0.15) is 36.2 Å². The number of hydrogen-bond donors (Lipinski definition) is 1. The molecule has 3 rings (SSSR count). The zero-order valence-corrected chi connectivity index (χ0v) is 19.3. The molecule has 8 nitrogen and oxygen atoms in total. The first-order valence-electron chi connectivity index (χ1n) is 10.9. The summed E-state index contributed by atoms with van der Waals surface area (Å²) in [4.78, 5) is 16.5. The highest BCUT2D eigenvalue weighted by molar-refractivity contribution is 5.99. The van der Waals surface area contributed by atoms with Crippen LogP contribution in [0.4, 0.5) is 4.39 Å². The average Bonchev–Trinajstić information content (AvgIpc) is 3.25. The minimum absolute atomic E-state index is 0.0284. The number of halogens is 1. The van der Waals surface area contributed by atoms with Crippen molar-refractivity contribution < 1.29 is 33.1 Å². The lowest BCUT2D eigenvalue weighted by Gasteiger charge is -2.14. The normalized spacial score (nSPS) is 11.5. The lowest BCUT2D eigenvalue weighted by Crippen LogP contribution is -2.14. The number of aromatic nitrogens is 1. The SMILES string of the molecule is CCCO/N=C(\COc1cc(CC(=O)O)cc(OC(C)C)c1)c1cc(-c2ccc(F)cc2)no1. The fourth-order valence-corrected chi connectivity index (χ4v) is 3.01. The number of benzene rings is 2. The van der Waals surface area contributed by atoms with Crippen LogP contribution in [0.2, 0.25) is 0 Å². The molecule has 0 saturated carbocycles. The molecule has 0 aliphatic rings. The van der Waals surface area contributed by atoms with Crippen LogP contribution < -0.4 is 9.47 Å². The van der Waals surface area contributed by atoms with Crippen molar-refractivity contribution in [2.24, 2.45) is 5.16 Å². The van der Waals surface area contributed by atoms with Gasteiger partial charge in [0.05, 0.1) is 12.5 Å². The summed E-state index contributed by atoms with van der Waals surface area (Å²) in [6, 6.07) is 12.5. The number of carbonyl (C=O) groups is 1. The first-order chi connectivity index (χ1) is 16.3. The van der Waals surface area contributed by atoms with Crippen molar-refractivity contribution in [2.75, 3.05) is 13.2 Å². The van der Waals surface area contributed by atoms with Crippen LogP contribution in [0.15, 0.2) is 58.2 Å². The number of carboxylic acids is 1. The van der Waals surface area contributed by atoms with Crippen LogP contribution in [0, 0.1) is 5.82 Å². The van der Waals surface area contributed by atoms with E-state index < -0.39 is 5.97 Å². The van der Waals surface area contributed by atoms with E-state index in [1.54, 1.807) is 36.4 Å². The maximum atomic E-state index is 13.2. The highest BCUT2D eigenvalue weighted by atomic mass is 19.1. The average molecular weight is 470 g/mol. The molecule has 9 heteroatoms. The van der Waals surface area contributed by atoms with E-state index in [1.165, 1.54) is 12.1 Å². The van der Waals surface area contributed by atoms with Gasteiger partial charge in [0, 0.05) is 17.7 Å². The van der Waals surface area contributed by atoms with Crippen molar-refractivity contribution in [3.8, 4) is 22.8 Å². The van der Waals surface area contributed by atoms with E-state index in [2.05, 4.69) is 10.3 Å². The minimum Gasteiger partial charge on any atom is -0.491 e. The molecular formula is C25H27FN2O6. The second kappa shape index (κ2) is 11.8. The van der Waals surface area contributed by atoms with Gasteiger partial charge in [-0.05, 0) is 62.2 Å². The van der Waals surface area contributed by atoms with Crippen LogP contribution in [0.25, 0.3) is 11.3 Å². The molecule has 1 N–H and O–H groups in total. The maximum Gasteiger partial charge on any atom is 0.307 e. The van der Waals surface area contributed by atoms with E-state index in [-0.39, 0.29) is 24.9 Å². The van der Waals surface area contributed by atoms with E-state index in [0.29, 0.717) is 46.4 Å². The molecule has 2 aromatic carbocycles. The summed E-state index contributed by atoms with van der Waals surface area (Å²) in [5.41, 5.74) is 2.08. The number of nitrogens with zero attached hydrogens (tertiary/aromatic N) is 2. The Hall–Kier alpha value is -3.88. The van der Waals surface area contributed by atoms with Gasteiger partial charge in [-0.1, -0.05) is 17.2 Å². The standard InChI is InChI=1S/C25H27FN2O6/c1-4-9-32-27-23(24-14-22(28-34-24)18-5-7-19(26)8-6-18)15-31-20-10-17(12-25(29)30)11-21(13-20)33-16(2)3/h5-8,10-11,13-14,16H,4,9,12,15H2,1-3H3,(H,29,30)/b27-23+. The maximum absolute atomic E-state index is 13.2. The van der Waals surface area contributed by atoms with Gasteiger partial charge in [-0.15, -0.1) is 0 Å². The van der Waals surface area contributed by atoms with Gasteiger partial charge < -0.3 is 23.9 Å². The van der Waals surface area contributed by atoms with Crippen LogP contribution >= 0.6 is 0 Å². The molecule has 1 heterocycles. The second-order valence-electron chi connectivity index (χ2n) is 7.79. The fourth-order valence-electron chi connectivity index (χ4n) is 3.01. The summed E-state index contributed by atoms with van der Waals surface area (Å²) >= 11 is 0. The number of aliphatic carboxylic acids is 1. The second-order valence-corrected chi connectivity index (χ2v) is 7.79. The molecule has 0 bridgehead atoms. The third-order valence-electron chi connectivity index (χ3n) is 4.45. The monoisotopic (exact) mass is 470 g/mol. The molecule has 1 aromatic heterocycles. The molecule has 0 aliphatic carbocycles. The topological polar surface area (TPSA) is 103 Å². The number of hydrogen-bond acceptors (Lipinski definition) is 7. The molecule has 34 heavy (non-hydrogen) atoms. The van der Waals surface area contributed by atoms with E-state index in [4.69, 9.17) is 18.8 Å². The number of rotatable bonds is 12. The third kappa shape index (κ3) is 7.33. The summed E-state index contributed by atoms with van der Waals surface area (Å²) in [5, 5.41) is 17.3. The lowest BCUT2D eigenvalue weighted by atomic mass is 10.1. The molecule has 0 amide bonds. The molecular weight excluding hydrogens is 443 g/mol. The van der Waals surface area contributed by atoms with Crippen LogP contribution in [0.5, 0.6) is 11.5 Å². The zero-order chi connectivity index (χ0) is 24.5. The molecule has 0 saturated heterocycles. The smallest absolute Gasteiger partial charge is 0.307 e. The van der Waals surface area contributed by atoms with Crippen molar-refractivity contribution in [3.63, 3.8) is 0 Å². The Labute approximate surface area is 196 Å². The predicted molar refractivity (Wildman–Crippen MR) is 124 cm³/mol. The van der Waals surface area contributed by atoms with Gasteiger partial charge in [-0.3, -0.25) is 4.79 Å². The van der Waals surface area contributed by atoms with Crippen LogP contribution in [-0.2, 0) is 16.1 Å². The Bertz CT molecular complexity index is 1120. The van der Waals surface area contributed by atoms with Crippen molar-refractivity contribution in [1.82, 2.24) is 5.16 Å². The van der Waals surface area contributed by atoms with E-state index in [1.807, 2.05) is 20.8 Å². The number of oxime groups is 1. The molecule has 0 spiro atoms. The van der Waals surface area contributed by atoms with E-state index in [0.717, 1.165) is 6.42 Å². The van der Waals surface area contributed by atoms with Crippen molar-refractivity contribution in [1.29, 1.82) is 0 Å². The Morgan fingerprint density at radius 1 is 1.15 bits per heavy atom. The molecule has 180 valence electrons. The summed E-state index contributed by atoms with van der Waals surface area (Å²) < 4.78 is 30.3. The largest absolute Gasteiger partial charge is 0.491 e. The molecule has 0 atom stereocenters. The Kier molecular flexibility index (Phi) is 8.61. The summed E-state index contributed by atoms with van der Waals surface area (Å²) in [7, 11) is 0. The van der Waals surface area contributed by atoms with Gasteiger partial charge in [-0.2, -0.15) is 0 Å². The molecule has 0 aliphatic heterocycles. The molecule has 0 radical (unpaired) electrons. The Morgan fingerprint density at radius 2 is 1.88 bits per heavy atom. The summed E-state index contributed by atoms with van der Waals surface area (Å²) in [6.45, 7) is 6.09. The van der Waals surface area contributed by atoms with Gasteiger partial charge >= 0.3 is 5.97 Å². The summed E-state index contributed by atoms with van der Waals surface area (Å²) in [6.07, 6.45) is 0.503. The van der Waals surface area contributed by atoms with Gasteiger partial charge in [0.15, 0.2) is 11.5 Å². The number of carboxylic acid groups (broad SMARTS) is 1. The van der Waals surface area contributed by atoms with Crippen molar-refractivity contribution >= 4 is 11.7 Å². The Morgan fingerprint density at radius 3 is 2.56 bits per heavy atom. The van der Waals surface area contributed by atoms with Gasteiger partial charge in [0.25, 0.3) is 0 Å². The lowest BCUT2D eigenvalue weighted by molar-refractivity contribution is -0.136. The van der Waals surface area contributed by atoms with E-state index >= 15 is 0 Å². The van der Waals surface area contributed by atoms with Gasteiger partial charge in [-0.25, -0.2) is 4.39 Å². The molecule has 0 unspecified atom stereocenters. The van der Waals surface area contributed by atoms with Gasteiger partial charge in [0.2, 0.25) is 0 Å². The number of ether oxygens (including phenoxy) is 2. The zero-order valence-electron chi connectivity index (χ0n) is 19.3. The molecule has 0 fully saturated rings. The van der Waals surface area contributed by atoms with E-state index in [9.17, 15) is 14.3 Å². The highest BCUT2D eigenvalue weighted by Crippen LogP contribution is 2.25. The third-order valence-corrected chi connectivity index (χ3v) is 4.45. The fraction of sp³-hybridized carbons (Fsp3) is 0.320. The van der Waals surface area contributed by atoms with Crippen molar-refractivity contribution in [3.05, 3.63) is 65.7 Å². The quantitative estimate of drug-likeness (QED) is 0.223. The Balaban J connectivity index is 1.82.